The van der Waals surface area contributed by atoms with Crippen molar-refractivity contribution in [2.75, 3.05) is 13.6 Å². The van der Waals surface area contributed by atoms with Gasteiger partial charge in [-0.15, -0.1) is 0 Å². The summed E-state index contributed by atoms with van der Waals surface area (Å²) >= 11 is 3.40. The third-order valence-corrected chi connectivity index (χ3v) is 3.61. The minimum atomic E-state index is -0.329. The molecule has 0 aromatic heterocycles. The molecule has 0 spiro atoms. The van der Waals surface area contributed by atoms with Crippen LogP contribution in [-0.2, 0) is 11.3 Å². The molecule has 2 aromatic carbocycles. The minimum absolute atomic E-state index is 0.292. The highest BCUT2D eigenvalue weighted by Gasteiger charge is 2.08. The molecule has 114 valence electrons. The Morgan fingerprint density at radius 3 is 2.50 bits per heavy atom. The highest BCUT2D eigenvalue weighted by atomic mass is 79.9. The maximum atomic E-state index is 11.9. The van der Waals surface area contributed by atoms with Gasteiger partial charge in [-0.25, -0.2) is 4.79 Å². The smallest absolute Gasteiger partial charge is 0.410 e. The topological polar surface area (TPSA) is 29.5 Å². The Balaban J connectivity index is 1.77. The van der Waals surface area contributed by atoms with Gasteiger partial charge in [-0.2, -0.15) is 0 Å². The standard InChI is InChI=1S/C18H18BrNO2/c1-20(13-5-8-15-9-11-17(19)12-10-15)18(21)22-14-16-6-3-2-4-7-16/h2-12H,13-14H2,1H3/b8-5+. The number of benzene rings is 2. The van der Waals surface area contributed by atoms with Crippen LogP contribution in [0.4, 0.5) is 4.79 Å². The first-order valence-corrected chi connectivity index (χ1v) is 7.78. The molecule has 0 saturated heterocycles. The van der Waals surface area contributed by atoms with E-state index in [2.05, 4.69) is 15.9 Å². The molecule has 0 atom stereocenters. The number of likely N-dealkylation sites (N-methyl/N-ethyl adjacent to an activating group) is 1. The second-order valence-electron chi connectivity index (χ2n) is 4.87. The molecule has 0 N–H and O–H groups in total. The predicted molar refractivity (Wildman–Crippen MR) is 92.4 cm³/mol. The van der Waals surface area contributed by atoms with Crippen molar-refractivity contribution in [3.8, 4) is 0 Å². The van der Waals surface area contributed by atoms with Crippen LogP contribution in [0.15, 0.2) is 65.1 Å². The van der Waals surface area contributed by atoms with E-state index in [1.807, 2.05) is 66.7 Å². The molecule has 0 aliphatic rings. The van der Waals surface area contributed by atoms with Crippen molar-refractivity contribution in [3.63, 3.8) is 0 Å². The highest BCUT2D eigenvalue weighted by molar-refractivity contribution is 9.10. The lowest BCUT2D eigenvalue weighted by atomic mass is 10.2. The highest BCUT2D eigenvalue weighted by Crippen LogP contribution is 2.11. The predicted octanol–water partition coefficient (Wildman–Crippen LogP) is 4.73. The van der Waals surface area contributed by atoms with Gasteiger partial charge in [0.15, 0.2) is 0 Å². The molecule has 2 rings (SSSR count). The van der Waals surface area contributed by atoms with Gasteiger partial charge >= 0.3 is 6.09 Å². The summed E-state index contributed by atoms with van der Waals surface area (Å²) in [4.78, 5) is 13.4. The van der Waals surface area contributed by atoms with Crippen molar-refractivity contribution >= 4 is 28.1 Å². The molecule has 0 aliphatic heterocycles. The number of hydrogen-bond acceptors (Lipinski definition) is 2. The summed E-state index contributed by atoms with van der Waals surface area (Å²) in [6.07, 6.45) is 3.59. The molecule has 0 bridgehead atoms. The molecule has 0 unspecified atom stereocenters. The maximum absolute atomic E-state index is 11.9. The van der Waals surface area contributed by atoms with E-state index < -0.39 is 0 Å². The van der Waals surface area contributed by atoms with Gasteiger partial charge in [0.05, 0.1) is 0 Å². The van der Waals surface area contributed by atoms with Crippen LogP contribution in [0.1, 0.15) is 11.1 Å². The van der Waals surface area contributed by atoms with Gasteiger partial charge in [0.1, 0.15) is 6.61 Å². The van der Waals surface area contributed by atoms with E-state index in [1.165, 1.54) is 4.90 Å². The van der Waals surface area contributed by atoms with Crippen molar-refractivity contribution in [3.05, 3.63) is 76.3 Å². The first-order valence-electron chi connectivity index (χ1n) is 6.99. The fraction of sp³-hybridized carbons (Fsp3) is 0.167. The Kier molecular flexibility index (Phi) is 6.22. The Morgan fingerprint density at radius 1 is 1.14 bits per heavy atom. The monoisotopic (exact) mass is 359 g/mol. The molecule has 0 aliphatic carbocycles. The fourth-order valence-corrected chi connectivity index (χ4v) is 2.09. The molecule has 22 heavy (non-hydrogen) atoms. The molecule has 0 fully saturated rings. The summed E-state index contributed by atoms with van der Waals surface area (Å²) in [6.45, 7) is 0.796. The zero-order chi connectivity index (χ0) is 15.8. The average molecular weight is 360 g/mol. The number of halogens is 1. The number of nitrogens with zero attached hydrogens (tertiary/aromatic N) is 1. The number of carbonyl (C=O) groups is 1. The zero-order valence-corrected chi connectivity index (χ0v) is 14.0. The van der Waals surface area contributed by atoms with E-state index in [-0.39, 0.29) is 6.09 Å². The molecule has 2 aromatic rings. The van der Waals surface area contributed by atoms with Crippen molar-refractivity contribution in [1.82, 2.24) is 4.90 Å². The number of carbonyl (C=O) groups excluding carboxylic acids is 1. The third-order valence-electron chi connectivity index (χ3n) is 3.08. The van der Waals surface area contributed by atoms with Crippen LogP contribution < -0.4 is 0 Å². The molecule has 0 heterocycles. The number of hydrogen-bond donors (Lipinski definition) is 0. The Bertz CT molecular complexity index is 623. The largest absolute Gasteiger partial charge is 0.445 e. The molecule has 4 heteroatoms. The lowest BCUT2D eigenvalue weighted by molar-refractivity contribution is 0.108. The molecular formula is C18H18BrNO2. The second kappa shape index (κ2) is 8.39. The number of rotatable bonds is 5. The first kappa shape index (κ1) is 16.3. The molecular weight excluding hydrogens is 342 g/mol. The van der Waals surface area contributed by atoms with Gasteiger partial charge < -0.3 is 9.64 Å². The third kappa shape index (κ3) is 5.37. The van der Waals surface area contributed by atoms with Gasteiger partial charge in [0.25, 0.3) is 0 Å². The van der Waals surface area contributed by atoms with Crippen LogP contribution in [-0.4, -0.2) is 24.6 Å². The fourth-order valence-electron chi connectivity index (χ4n) is 1.82. The quantitative estimate of drug-likeness (QED) is 0.772. The maximum Gasteiger partial charge on any atom is 0.410 e. The SMILES string of the molecule is CN(C/C=C/c1ccc(Br)cc1)C(=O)OCc1ccccc1. The van der Waals surface area contributed by atoms with E-state index in [1.54, 1.807) is 7.05 Å². The van der Waals surface area contributed by atoms with E-state index in [4.69, 9.17) is 4.74 Å². The zero-order valence-electron chi connectivity index (χ0n) is 12.4. The van der Waals surface area contributed by atoms with Gasteiger partial charge in [0.2, 0.25) is 0 Å². The van der Waals surface area contributed by atoms with Crippen LogP contribution >= 0.6 is 15.9 Å². The Labute approximate surface area is 139 Å². The molecule has 3 nitrogen and oxygen atoms in total. The number of amides is 1. The van der Waals surface area contributed by atoms with Gasteiger partial charge in [0, 0.05) is 18.1 Å². The van der Waals surface area contributed by atoms with Gasteiger partial charge in [-0.3, -0.25) is 0 Å². The first-order chi connectivity index (χ1) is 10.6. The van der Waals surface area contributed by atoms with Crippen LogP contribution in [0, 0.1) is 0 Å². The summed E-state index contributed by atoms with van der Waals surface area (Å²) in [5, 5.41) is 0. The Morgan fingerprint density at radius 2 is 1.82 bits per heavy atom. The van der Waals surface area contributed by atoms with E-state index in [0.717, 1.165) is 15.6 Å². The summed E-state index contributed by atoms with van der Waals surface area (Å²) in [7, 11) is 1.72. The van der Waals surface area contributed by atoms with Crippen LogP contribution in [0.25, 0.3) is 6.08 Å². The van der Waals surface area contributed by atoms with E-state index >= 15 is 0 Å². The van der Waals surface area contributed by atoms with Crippen LogP contribution in [0.5, 0.6) is 0 Å². The lowest BCUT2D eigenvalue weighted by Gasteiger charge is -2.15. The van der Waals surface area contributed by atoms with Crippen molar-refractivity contribution < 1.29 is 9.53 Å². The van der Waals surface area contributed by atoms with Crippen LogP contribution in [0.3, 0.4) is 0 Å². The van der Waals surface area contributed by atoms with Gasteiger partial charge in [-0.05, 0) is 23.3 Å². The average Bonchev–Trinajstić information content (AvgIpc) is 2.55. The Hall–Kier alpha value is -2.07. The summed E-state index contributed by atoms with van der Waals surface area (Å²) in [5.41, 5.74) is 2.07. The summed E-state index contributed by atoms with van der Waals surface area (Å²) < 4.78 is 6.30. The molecule has 0 saturated carbocycles. The lowest BCUT2D eigenvalue weighted by Crippen LogP contribution is -2.27. The van der Waals surface area contributed by atoms with Gasteiger partial charge in [-0.1, -0.05) is 70.5 Å². The minimum Gasteiger partial charge on any atom is -0.445 e. The van der Waals surface area contributed by atoms with Crippen molar-refractivity contribution in [2.24, 2.45) is 0 Å². The summed E-state index contributed by atoms with van der Waals surface area (Å²) in [6, 6.07) is 17.6. The van der Waals surface area contributed by atoms with Crippen molar-refractivity contribution in [1.29, 1.82) is 0 Å². The second-order valence-corrected chi connectivity index (χ2v) is 5.79. The van der Waals surface area contributed by atoms with Crippen LogP contribution in [0.2, 0.25) is 0 Å². The normalized spacial score (nSPS) is 10.6. The van der Waals surface area contributed by atoms with E-state index in [0.29, 0.717) is 13.2 Å². The summed E-state index contributed by atoms with van der Waals surface area (Å²) in [5.74, 6) is 0. The van der Waals surface area contributed by atoms with Crippen molar-refractivity contribution in [2.45, 2.75) is 6.61 Å². The molecule has 0 radical (unpaired) electrons. The number of ether oxygens (including phenoxy) is 1. The van der Waals surface area contributed by atoms with E-state index in [9.17, 15) is 4.79 Å². The molecule has 1 amide bonds.